The maximum Gasteiger partial charge on any atom is 0.0821 e. The topological polar surface area (TPSA) is 80.9 Å². The van der Waals surface area contributed by atoms with E-state index in [1.54, 1.807) is 0 Å². The molecule has 4 heteroatoms. The molecule has 62 valence electrons. The van der Waals surface area contributed by atoms with E-state index in [0.717, 1.165) is 0 Å². The molecule has 0 rings (SSSR count). The first kappa shape index (κ1) is 9.84. The van der Waals surface area contributed by atoms with Crippen LogP contribution < -0.4 is 0 Å². The van der Waals surface area contributed by atoms with Crippen LogP contribution in [0.3, 0.4) is 0 Å². The molecule has 3 atom stereocenters. The van der Waals surface area contributed by atoms with Crippen LogP contribution >= 0.6 is 0 Å². The fourth-order valence-electron chi connectivity index (χ4n) is 0.550. The molecule has 0 aromatic heterocycles. The van der Waals surface area contributed by atoms with E-state index in [4.69, 9.17) is 20.4 Å². The summed E-state index contributed by atoms with van der Waals surface area (Å²) in [5, 5.41) is 34.7. The lowest BCUT2D eigenvalue weighted by molar-refractivity contribution is -0.0157. The van der Waals surface area contributed by atoms with Crippen molar-refractivity contribution in [1.29, 1.82) is 0 Å². The molecule has 10 heavy (non-hydrogen) atoms. The van der Waals surface area contributed by atoms with Crippen molar-refractivity contribution in [3.05, 3.63) is 0 Å². The summed E-state index contributed by atoms with van der Waals surface area (Å²) in [7, 11) is 0. The lowest BCUT2D eigenvalue weighted by Gasteiger charge is -2.15. The van der Waals surface area contributed by atoms with Crippen LogP contribution in [0, 0.1) is 0 Å². The third-order valence-corrected chi connectivity index (χ3v) is 1.28. The lowest BCUT2D eigenvalue weighted by atomic mass is 10.1. The van der Waals surface area contributed by atoms with Crippen molar-refractivity contribution in [3.63, 3.8) is 0 Å². The molecule has 0 spiro atoms. The Balaban J connectivity index is 3.46. The zero-order chi connectivity index (χ0) is 8.15. The molecular weight excluding hydrogens is 136 g/mol. The van der Waals surface area contributed by atoms with Crippen LogP contribution in [-0.2, 0) is 0 Å². The summed E-state index contributed by atoms with van der Waals surface area (Å²) >= 11 is 0. The second-order valence-corrected chi connectivity index (χ2v) is 2.38. The fourth-order valence-corrected chi connectivity index (χ4v) is 0.550. The van der Waals surface area contributed by atoms with Crippen LogP contribution in [0.4, 0.5) is 0 Å². The second-order valence-electron chi connectivity index (χ2n) is 2.38. The van der Waals surface area contributed by atoms with Crippen LogP contribution in [0.15, 0.2) is 0 Å². The third kappa shape index (κ3) is 3.79. The number of aliphatic hydroxyl groups is 4. The molecule has 0 heterocycles. The average molecular weight is 150 g/mol. The molecule has 0 fully saturated rings. The molecule has 0 aliphatic carbocycles. The first-order valence-electron chi connectivity index (χ1n) is 3.23. The molecule has 0 aliphatic heterocycles. The van der Waals surface area contributed by atoms with Gasteiger partial charge in [-0.25, -0.2) is 0 Å². The summed E-state index contributed by atoms with van der Waals surface area (Å²) in [5.41, 5.74) is 0. The molecule has 0 saturated heterocycles. The second kappa shape index (κ2) is 4.62. The SMILES string of the molecule is C[C@@H](O)[C@@H](O)C[C@@H](O)CO. The maximum absolute atomic E-state index is 8.91. The van der Waals surface area contributed by atoms with Gasteiger partial charge in [-0.2, -0.15) is 0 Å². The number of aliphatic hydroxyl groups excluding tert-OH is 4. The van der Waals surface area contributed by atoms with Gasteiger partial charge in [0.05, 0.1) is 24.9 Å². The standard InChI is InChI=1S/C6H14O4/c1-4(8)6(10)2-5(9)3-7/h4-10H,2-3H2,1H3/t4-,5-,6+/m1/s1. The van der Waals surface area contributed by atoms with Gasteiger partial charge >= 0.3 is 0 Å². The molecule has 0 aliphatic rings. The van der Waals surface area contributed by atoms with Crippen LogP contribution in [0.1, 0.15) is 13.3 Å². The van der Waals surface area contributed by atoms with E-state index >= 15 is 0 Å². The Kier molecular flexibility index (Phi) is 4.55. The molecular formula is C6H14O4. The van der Waals surface area contributed by atoms with Gasteiger partial charge in [-0.1, -0.05) is 0 Å². The summed E-state index contributed by atoms with van der Waals surface area (Å²) in [4.78, 5) is 0. The quantitative estimate of drug-likeness (QED) is 0.392. The van der Waals surface area contributed by atoms with Crippen molar-refractivity contribution >= 4 is 0 Å². The minimum atomic E-state index is -0.956. The summed E-state index contributed by atoms with van der Waals surface area (Å²) in [5.74, 6) is 0. The fraction of sp³-hybridized carbons (Fsp3) is 1.00. The largest absolute Gasteiger partial charge is 0.394 e. The molecule has 0 saturated carbocycles. The van der Waals surface area contributed by atoms with Gasteiger partial charge in [-0.3, -0.25) is 0 Å². The number of hydrogen-bond donors (Lipinski definition) is 4. The van der Waals surface area contributed by atoms with E-state index in [2.05, 4.69) is 0 Å². The van der Waals surface area contributed by atoms with Crippen molar-refractivity contribution in [2.24, 2.45) is 0 Å². The molecule has 0 unspecified atom stereocenters. The van der Waals surface area contributed by atoms with Gasteiger partial charge < -0.3 is 20.4 Å². The highest BCUT2D eigenvalue weighted by molar-refractivity contribution is 4.66. The highest BCUT2D eigenvalue weighted by Gasteiger charge is 2.14. The summed E-state index contributed by atoms with van der Waals surface area (Å²) in [6, 6.07) is 0. The molecule has 0 radical (unpaired) electrons. The third-order valence-electron chi connectivity index (χ3n) is 1.28. The zero-order valence-electron chi connectivity index (χ0n) is 5.94. The monoisotopic (exact) mass is 150 g/mol. The van der Waals surface area contributed by atoms with E-state index in [-0.39, 0.29) is 13.0 Å². The van der Waals surface area contributed by atoms with Crippen LogP contribution in [0.2, 0.25) is 0 Å². The van der Waals surface area contributed by atoms with Gasteiger partial charge in [0.25, 0.3) is 0 Å². The van der Waals surface area contributed by atoms with E-state index < -0.39 is 18.3 Å². The first-order valence-corrected chi connectivity index (χ1v) is 3.23. The summed E-state index contributed by atoms with van der Waals surface area (Å²) in [6.45, 7) is 1.04. The van der Waals surface area contributed by atoms with Gasteiger partial charge in [0.15, 0.2) is 0 Å². The van der Waals surface area contributed by atoms with Crippen molar-refractivity contribution in [2.45, 2.75) is 31.7 Å². The molecule has 0 aromatic carbocycles. The summed E-state index contributed by atoms with van der Waals surface area (Å²) in [6.07, 6.45) is -2.75. The minimum Gasteiger partial charge on any atom is -0.394 e. The Morgan fingerprint density at radius 1 is 1.20 bits per heavy atom. The lowest BCUT2D eigenvalue weighted by Crippen LogP contribution is -2.29. The van der Waals surface area contributed by atoms with E-state index in [1.807, 2.05) is 0 Å². The van der Waals surface area contributed by atoms with E-state index in [1.165, 1.54) is 6.92 Å². The Bertz CT molecular complexity index is 83.8. The van der Waals surface area contributed by atoms with Crippen molar-refractivity contribution in [2.75, 3.05) is 6.61 Å². The molecule has 4 N–H and O–H groups in total. The normalized spacial score (nSPS) is 20.1. The van der Waals surface area contributed by atoms with Crippen LogP contribution in [0.5, 0.6) is 0 Å². The summed E-state index contributed by atoms with van der Waals surface area (Å²) < 4.78 is 0. The average Bonchev–Trinajstić information content (AvgIpc) is 1.87. The Morgan fingerprint density at radius 2 is 1.70 bits per heavy atom. The van der Waals surface area contributed by atoms with Crippen LogP contribution in [0.25, 0.3) is 0 Å². The van der Waals surface area contributed by atoms with Crippen molar-refractivity contribution in [1.82, 2.24) is 0 Å². The molecule has 4 nitrogen and oxygen atoms in total. The number of rotatable bonds is 4. The van der Waals surface area contributed by atoms with E-state index in [9.17, 15) is 0 Å². The minimum absolute atomic E-state index is 0.00810. The van der Waals surface area contributed by atoms with E-state index in [0.29, 0.717) is 0 Å². The highest BCUT2D eigenvalue weighted by atomic mass is 16.3. The molecule has 0 aromatic rings. The smallest absolute Gasteiger partial charge is 0.0821 e. The van der Waals surface area contributed by atoms with Crippen molar-refractivity contribution < 1.29 is 20.4 Å². The Labute approximate surface area is 59.7 Å². The Morgan fingerprint density at radius 3 is 2.00 bits per heavy atom. The maximum atomic E-state index is 8.91. The number of hydrogen-bond acceptors (Lipinski definition) is 4. The Hall–Kier alpha value is -0.160. The predicted molar refractivity (Wildman–Crippen MR) is 35.4 cm³/mol. The van der Waals surface area contributed by atoms with Gasteiger partial charge in [0, 0.05) is 6.42 Å². The van der Waals surface area contributed by atoms with Crippen molar-refractivity contribution in [3.8, 4) is 0 Å². The molecule has 0 amide bonds. The van der Waals surface area contributed by atoms with Gasteiger partial charge in [0.2, 0.25) is 0 Å². The van der Waals surface area contributed by atoms with Gasteiger partial charge in [-0.05, 0) is 6.92 Å². The van der Waals surface area contributed by atoms with Crippen LogP contribution in [-0.4, -0.2) is 45.3 Å². The van der Waals surface area contributed by atoms with Gasteiger partial charge in [0.1, 0.15) is 0 Å². The zero-order valence-corrected chi connectivity index (χ0v) is 5.94. The first-order chi connectivity index (χ1) is 4.57. The van der Waals surface area contributed by atoms with Gasteiger partial charge in [-0.15, -0.1) is 0 Å². The molecule has 0 bridgehead atoms. The highest BCUT2D eigenvalue weighted by Crippen LogP contribution is 2.01. The predicted octanol–water partition coefficient (Wildman–Crippen LogP) is -1.53.